The molecule has 3 rings (SSSR count). The predicted octanol–water partition coefficient (Wildman–Crippen LogP) is 3.80. The molecule has 1 heterocycles. The molecule has 1 aromatic heterocycles. The van der Waals surface area contributed by atoms with Crippen molar-refractivity contribution in [2.45, 2.75) is 6.92 Å². The highest BCUT2D eigenvalue weighted by atomic mass is 79.9. The molecule has 2 aromatic carbocycles. The average Bonchev–Trinajstić information content (AvgIpc) is 2.74. The fraction of sp³-hybridized carbons (Fsp3) is 0.0667. The van der Waals surface area contributed by atoms with Gasteiger partial charge in [0.25, 0.3) is 5.91 Å². The third kappa shape index (κ3) is 2.08. The molecular formula is C15H11BrN2O. The molecule has 0 unspecified atom stereocenters. The summed E-state index contributed by atoms with van der Waals surface area (Å²) in [6.45, 7) is 1.84. The van der Waals surface area contributed by atoms with Crippen LogP contribution in [-0.4, -0.2) is 15.5 Å². The van der Waals surface area contributed by atoms with Crippen LogP contribution in [0.5, 0.6) is 0 Å². The van der Waals surface area contributed by atoms with Gasteiger partial charge in [-0.3, -0.25) is 9.36 Å². The summed E-state index contributed by atoms with van der Waals surface area (Å²) in [6, 6.07) is 15.0. The van der Waals surface area contributed by atoms with Gasteiger partial charge in [0.05, 0.1) is 11.0 Å². The highest BCUT2D eigenvalue weighted by Gasteiger charge is 2.15. The van der Waals surface area contributed by atoms with Gasteiger partial charge in [-0.15, -0.1) is 0 Å². The first-order valence-corrected chi connectivity index (χ1v) is 6.70. The highest BCUT2D eigenvalue weighted by Crippen LogP contribution is 2.19. The minimum atomic E-state index is -0.0625. The summed E-state index contributed by atoms with van der Waals surface area (Å²) >= 11 is 3.38. The Bertz CT molecular complexity index is 777. The van der Waals surface area contributed by atoms with Gasteiger partial charge >= 0.3 is 0 Å². The van der Waals surface area contributed by atoms with E-state index in [0.717, 1.165) is 15.5 Å². The first kappa shape index (κ1) is 12.1. The van der Waals surface area contributed by atoms with E-state index in [9.17, 15) is 4.79 Å². The molecule has 0 atom stereocenters. The maximum Gasteiger partial charge on any atom is 0.263 e. The number of benzene rings is 2. The molecule has 0 bridgehead atoms. The molecule has 4 heteroatoms. The molecule has 0 spiro atoms. The lowest BCUT2D eigenvalue weighted by Crippen LogP contribution is -2.13. The summed E-state index contributed by atoms with van der Waals surface area (Å²) in [7, 11) is 0. The Labute approximate surface area is 119 Å². The lowest BCUT2D eigenvalue weighted by Gasteiger charge is -2.05. The number of nitrogens with zero attached hydrogens (tertiary/aromatic N) is 2. The van der Waals surface area contributed by atoms with E-state index in [2.05, 4.69) is 20.9 Å². The molecule has 0 radical (unpaired) electrons. The molecule has 0 saturated heterocycles. The van der Waals surface area contributed by atoms with E-state index in [-0.39, 0.29) is 5.91 Å². The fourth-order valence-electron chi connectivity index (χ4n) is 2.15. The zero-order chi connectivity index (χ0) is 13.4. The van der Waals surface area contributed by atoms with Gasteiger partial charge in [-0.2, -0.15) is 0 Å². The van der Waals surface area contributed by atoms with E-state index in [4.69, 9.17) is 0 Å². The van der Waals surface area contributed by atoms with E-state index < -0.39 is 0 Å². The van der Waals surface area contributed by atoms with Crippen LogP contribution in [0.3, 0.4) is 0 Å². The summed E-state index contributed by atoms with van der Waals surface area (Å²) in [5, 5.41) is 0. The number of hydrogen-bond acceptors (Lipinski definition) is 2. The van der Waals surface area contributed by atoms with Gasteiger partial charge < -0.3 is 0 Å². The molecule has 0 aliphatic carbocycles. The third-order valence-electron chi connectivity index (χ3n) is 3.00. The van der Waals surface area contributed by atoms with Crippen molar-refractivity contribution in [2.24, 2.45) is 0 Å². The van der Waals surface area contributed by atoms with Crippen LogP contribution in [-0.2, 0) is 0 Å². The quantitative estimate of drug-likeness (QED) is 0.685. The second kappa shape index (κ2) is 4.63. The largest absolute Gasteiger partial charge is 0.268 e. The Morgan fingerprint density at radius 2 is 1.95 bits per heavy atom. The molecule has 0 N–H and O–H groups in total. The Balaban J connectivity index is 2.19. The van der Waals surface area contributed by atoms with Gasteiger partial charge in [0.1, 0.15) is 5.82 Å². The lowest BCUT2D eigenvalue weighted by molar-refractivity contribution is 0.0962. The van der Waals surface area contributed by atoms with E-state index in [1.807, 2.05) is 49.4 Å². The smallest absolute Gasteiger partial charge is 0.263 e. The molecule has 0 fully saturated rings. The van der Waals surface area contributed by atoms with Crippen LogP contribution in [0.1, 0.15) is 16.2 Å². The number of fused-ring (bicyclic) bond motifs is 1. The molecule has 94 valence electrons. The number of para-hydroxylation sites is 2. The molecular weight excluding hydrogens is 304 g/mol. The number of aryl methyl sites for hydroxylation is 1. The van der Waals surface area contributed by atoms with Crippen molar-refractivity contribution < 1.29 is 4.79 Å². The minimum Gasteiger partial charge on any atom is -0.268 e. The summed E-state index contributed by atoms with van der Waals surface area (Å²) in [5.41, 5.74) is 2.31. The molecule has 0 saturated carbocycles. The van der Waals surface area contributed by atoms with Crippen LogP contribution < -0.4 is 0 Å². The molecule has 0 amide bonds. The monoisotopic (exact) mass is 314 g/mol. The fourth-order valence-corrected chi connectivity index (χ4v) is 2.55. The summed E-state index contributed by atoms with van der Waals surface area (Å²) in [5.74, 6) is 0.638. The van der Waals surface area contributed by atoms with Gasteiger partial charge in [-0.05, 0) is 37.3 Å². The van der Waals surface area contributed by atoms with E-state index in [0.29, 0.717) is 11.4 Å². The number of rotatable bonds is 1. The van der Waals surface area contributed by atoms with E-state index in [1.54, 1.807) is 10.6 Å². The molecule has 0 aliphatic heterocycles. The van der Waals surface area contributed by atoms with Crippen molar-refractivity contribution in [3.8, 4) is 0 Å². The van der Waals surface area contributed by atoms with Crippen molar-refractivity contribution in [1.82, 2.24) is 9.55 Å². The first-order chi connectivity index (χ1) is 9.16. The second-order valence-corrected chi connectivity index (χ2v) is 5.21. The van der Waals surface area contributed by atoms with Gasteiger partial charge in [0.2, 0.25) is 0 Å². The van der Waals surface area contributed by atoms with Crippen molar-refractivity contribution in [3.63, 3.8) is 0 Å². The molecule has 3 aromatic rings. The highest BCUT2D eigenvalue weighted by molar-refractivity contribution is 9.10. The number of carbonyl (C=O) groups is 1. The lowest BCUT2D eigenvalue weighted by atomic mass is 10.2. The third-order valence-corrected chi connectivity index (χ3v) is 3.50. The van der Waals surface area contributed by atoms with Crippen LogP contribution in [0, 0.1) is 6.92 Å². The summed E-state index contributed by atoms with van der Waals surface area (Å²) in [6.07, 6.45) is 0. The summed E-state index contributed by atoms with van der Waals surface area (Å²) in [4.78, 5) is 17.0. The van der Waals surface area contributed by atoms with Gasteiger partial charge in [0, 0.05) is 10.0 Å². The predicted molar refractivity (Wildman–Crippen MR) is 78.3 cm³/mol. The summed E-state index contributed by atoms with van der Waals surface area (Å²) < 4.78 is 2.54. The minimum absolute atomic E-state index is 0.0625. The maximum atomic E-state index is 12.6. The van der Waals surface area contributed by atoms with Gasteiger partial charge in [0.15, 0.2) is 0 Å². The average molecular weight is 315 g/mol. The zero-order valence-electron chi connectivity index (χ0n) is 10.3. The second-order valence-electron chi connectivity index (χ2n) is 4.30. The Morgan fingerprint density at radius 1 is 1.16 bits per heavy atom. The number of carbonyl (C=O) groups excluding carboxylic acids is 1. The van der Waals surface area contributed by atoms with Crippen molar-refractivity contribution in [3.05, 3.63) is 64.4 Å². The molecule has 3 nitrogen and oxygen atoms in total. The van der Waals surface area contributed by atoms with E-state index in [1.165, 1.54) is 0 Å². The normalized spacial score (nSPS) is 10.8. The van der Waals surface area contributed by atoms with E-state index >= 15 is 0 Å². The maximum absolute atomic E-state index is 12.6. The van der Waals surface area contributed by atoms with Crippen LogP contribution in [0.15, 0.2) is 53.0 Å². The number of halogens is 1. The SMILES string of the molecule is Cc1nc2ccccc2n1C(=O)c1cccc(Br)c1. The molecule has 0 aliphatic rings. The number of aromatic nitrogens is 2. The van der Waals surface area contributed by atoms with Crippen LogP contribution in [0.2, 0.25) is 0 Å². The van der Waals surface area contributed by atoms with Crippen LogP contribution in [0.4, 0.5) is 0 Å². The van der Waals surface area contributed by atoms with Crippen LogP contribution >= 0.6 is 15.9 Å². The van der Waals surface area contributed by atoms with Crippen LogP contribution in [0.25, 0.3) is 11.0 Å². The standard InChI is InChI=1S/C15H11BrN2O/c1-10-17-13-7-2-3-8-14(13)18(10)15(19)11-5-4-6-12(16)9-11/h2-9H,1H3. The Kier molecular flexibility index (Phi) is 2.95. The number of imidazole rings is 1. The first-order valence-electron chi connectivity index (χ1n) is 5.91. The zero-order valence-corrected chi connectivity index (χ0v) is 11.9. The Hall–Kier alpha value is -1.94. The van der Waals surface area contributed by atoms with Gasteiger partial charge in [-0.1, -0.05) is 34.1 Å². The van der Waals surface area contributed by atoms with Gasteiger partial charge in [-0.25, -0.2) is 4.98 Å². The Morgan fingerprint density at radius 3 is 2.74 bits per heavy atom. The number of hydrogen-bond donors (Lipinski definition) is 0. The van der Waals surface area contributed by atoms with Crippen molar-refractivity contribution in [1.29, 1.82) is 0 Å². The van der Waals surface area contributed by atoms with Crippen molar-refractivity contribution >= 4 is 32.9 Å². The van der Waals surface area contributed by atoms with Crippen molar-refractivity contribution in [2.75, 3.05) is 0 Å². The molecule has 19 heavy (non-hydrogen) atoms. The topological polar surface area (TPSA) is 34.9 Å².